The van der Waals surface area contributed by atoms with Gasteiger partial charge in [0.05, 0.1) is 0 Å². The van der Waals surface area contributed by atoms with E-state index in [-0.39, 0.29) is 0 Å². The van der Waals surface area contributed by atoms with E-state index in [0.29, 0.717) is 11.3 Å². The van der Waals surface area contributed by atoms with Gasteiger partial charge in [0.25, 0.3) is 0 Å². The van der Waals surface area contributed by atoms with Crippen LogP contribution in [0.2, 0.25) is 0 Å². The summed E-state index contributed by atoms with van der Waals surface area (Å²) in [6.07, 6.45) is 5.65. The molecule has 1 unspecified atom stereocenters. The van der Waals surface area contributed by atoms with E-state index in [1.807, 2.05) is 0 Å². The lowest BCUT2D eigenvalue weighted by Gasteiger charge is -2.24. The van der Waals surface area contributed by atoms with Crippen molar-refractivity contribution in [3.05, 3.63) is 29.8 Å². The second kappa shape index (κ2) is 4.93. The third kappa shape index (κ3) is 2.39. The molecule has 1 saturated carbocycles. The van der Waals surface area contributed by atoms with Crippen molar-refractivity contribution < 1.29 is 0 Å². The molecular formula is C16H24N2. The van der Waals surface area contributed by atoms with Crippen molar-refractivity contribution in [1.29, 1.82) is 0 Å². The zero-order chi connectivity index (χ0) is 12.4. The topological polar surface area (TPSA) is 24.1 Å². The normalized spacial score (nSPS) is 24.8. The van der Waals surface area contributed by atoms with E-state index in [4.69, 9.17) is 0 Å². The molecule has 98 valence electrons. The SMILES string of the molecule is CC1(CNCC2CNc3ccccc32)CCCC1. The van der Waals surface area contributed by atoms with Crippen LogP contribution in [0.25, 0.3) is 0 Å². The van der Waals surface area contributed by atoms with Crippen LogP contribution in [-0.2, 0) is 0 Å². The van der Waals surface area contributed by atoms with Crippen LogP contribution in [0.4, 0.5) is 5.69 Å². The lowest BCUT2D eigenvalue weighted by molar-refractivity contribution is 0.313. The molecule has 2 N–H and O–H groups in total. The van der Waals surface area contributed by atoms with Crippen LogP contribution in [-0.4, -0.2) is 19.6 Å². The van der Waals surface area contributed by atoms with E-state index < -0.39 is 0 Å². The highest BCUT2D eigenvalue weighted by Crippen LogP contribution is 2.37. The average molecular weight is 244 g/mol. The van der Waals surface area contributed by atoms with Crippen LogP contribution >= 0.6 is 0 Å². The van der Waals surface area contributed by atoms with Crippen molar-refractivity contribution in [1.82, 2.24) is 5.32 Å². The van der Waals surface area contributed by atoms with Gasteiger partial charge >= 0.3 is 0 Å². The molecule has 1 aliphatic heterocycles. The monoisotopic (exact) mass is 244 g/mol. The molecule has 18 heavy (non-hydrogen) atoms. The minimum atomic E-state index is 0.561. The van der Waals surface area contributed by atoms with E-state index in [1.54, 1.807) is 0 Å². The van der Waals surface area contributed by atoms with E-state index in [0.717, 1.165) is 13.1 Å². The second-order valence-corrected chi connectivity index (χ2v) is 6.31. The van der Waals surface area contributed by atoms with Crippen molar-refractivity contribution >= 4 is 5.69 Å². The molecular weight excluding hydrogens is 220 g/mol. The van der Waals surface area contributed by atoms with Crippen molar-refractivity contribution in [3.63, 3.8) is 0 Å². The Morgan fingerprint density at radius 2 is 2.06 bits per heavy atom. The predicted octanol–water partition coefficient (Wildman–Crippen LogP) is 3.37. The minimum absolute atomic E-state index is 0.561. The highest BCUT2D eigenvalue weighted by molar-refractivity contribution is 5.57. The molecule has 1 heterocycles. The molecule has 0 amide bonds. The van der Waals surface area contributed by atoms with Gasteiger partial charge < -0.3 is 10.6 Å². The highest BCUT2D eigenvalue weighted by atomic mass is 15.0. The molecule has 3 rings (SSSR count). The zero-order valence-electron chi connectivity index (χ0n) is 11.3. The van der Waals surface area contributed by atoms with E-state index in [1.165, 1.54) is 43.5 Å². The van der Waals surface area contributed by atoms with Gasteiger partial charge in [-0.1, -0.05) is 38.0 Å². The van der Waals surface area contributed by atoms with Gasteiger partial charge in [-0.2, -0.15) is 0 Å². The average Bonchev–Trinajstić information content (AvgIpc) is 2.97. The van der Waals surface area contributed by atoms with Crippen LogP contribution in [0, 0.1) is 5.41 Å². The van der Waals surface area contributed by atoms with E-state index in [9.17, 15) is 0 Å². The smallest absolute Gasteiger partial charge is 0.0376 e. The Kier molecular flexibility index (Phi) is 3.29. The van der Waals surface area contributed by atoms with Crippen molar-refractivity contribution in [2.45, 2.75) is 38.5 Å². The van der Waals surface area contributed by atoms with Gasteiger partial charge in [0, 0.05) is 31.2 Å². The molecule has 1 aliphatic carbocycles. The molecule has 0 radical (unpaired) electrons. The second-order valence-electron chi connectivity index (χ2n) is 6.31. The Morgan fingerprint density at radius 3 is 2.89 bits per heavy atom. The Balaban J connectivity index is 1.53. The summed E-state index contributed by atoms with van der Waals surface area (Å²) in [5.74, 6) is 0.645. The standard InChI is InChI=1S/C16H24N2/c1-16(8-4-5-9-16)12-17-10-13-11-18-15-7-3-2-6-14(13)15/h2-3,6-7,13,17-18H,4-5,8-12H2,1H3. The van der Waals surface area contributed by atoms with Crippen LogP contribution in [0.3, 0.4) is 0 Å². The summed E-state index contributed by atoms with van der Waals surface area (Å²) in [5.41, 5.74) is 3.38. The summed E-state index contributed by atoms with van der Waals surface area (Å²) in [5, 5.41) is 7.21. The first-order valence-electron chi connectivity index (χ1n) is 7.30. The molecule has 1 aromatic rings. The number of rotatable bonds is 4. The quantitative estimate of drug-likeness (QED) is 0.848. The first kappa shape index (κ1) is 12.0. The molecule has 0 bridgehead atoms. The number of anilines is 1. The number of hydrogen-bond acceptors (Lipinski definition) is 2. The maximum Gasteiger partial charge on any atom is 0.0376 e. The molecule has 1 atom stereocenters. The molecule has 1 fully saturated rings. The lowest BCUT2D eigenvalue weighted by atomic mass is 9.88. The Hall–Kier alpha value is -1.02. The maximum absolute atomic E-state index is 3.71. The molecule has 0 saturated heterocycles. The predicted molar refractivity (Wildman–Crippen MR) is 77.1 cm³/mol. The van der Waals surface area contributed by atoms with Gasteiger partial charge in [0.2, 0.25) is 0 Å². The van der Waals surface area contributed by atoms with Crippen LogP contribution in [0.1, 0.15) is 44.1 Å². The summed E-state index contributed by atoms with van der Waals surface area (Å²) < 4.78 is 0. The molecule has 0 aromatic heterocycles. The largest absolute Gasteiger partial charge is 0.384 e. The van der Waals surface area contributed by atoms with Gasteiger partial charge in [-0.15, -0.1) is 0 Å². The van der Waals surface area contributed by atoms with Gasteiger partial charge in [-0.05, 0) is 29.9 Å². The minimum Gasteiger partial charge on any atom is -0.384 e. The van der Waals surface area contributed by atoms with E-state index in [2.05, 4.69) is 41.8 Å². The summed E-state index contributed by atoms with van der Waals surface area (Å²) >= 11 is 0. The van der Waals surface area contributed by atoms with Gasteiger partial charge in [-0.3, -0.25) is 0 Å². The van der Waals surface area contributed by atoms with Gasteiger partial charge in [0.1, 0.15) is 0 Å². The van der Waals surface area contributed by atoms with Crippen molar-refractivity contribution in [2.24, 2.45) is 5.41 Å². The van der Waals surface area contributed by atoms with Crippen molar-refractivity contribution in [3.8, 4) is 0 Å². The lowest BCUT2D eigenvalue weighted by Crippen LogP contribution is -2.32. The third-order valence-electron chi connectivity index (χ3n) is 4.69. The summed E-state index contributed by atoms with van der Waals surface area (Å²) in [6, 6.07) is 8.71. The number of hydrogen-bond donors (Lipinski definition) is 2. The first-order chi connectivity index (χ1) is 8.77. The van der Waals surface area contributed by atoms with Gasteiger partial charge in [-0.25, -0.2) is 0 Å². The molecule has 2 nitrogen and oxygen atoms in total. The Morgan fingerprint density at radius 1 is 1.28 bits per heavy atom. The third-order valence-corrected chi connectivity index (χ3v) is 4.69. The van der Waals surface area contributed by atoms with Crippen molar-refractivity contribution in [2.75, 3.05) is 25.0 Å². The highest BCUT2D eigenvalue weighted by Gasteiger charge is 2.29. The molecule has 2 aliphatic rings. The fraction of sp³-hybridized carbons (Fsp3) is 0.625. The maximum atomic E-state index is 3.71. The fourth-order valence-corrected chi connectivity index (χ4v) is 3.49. The van der Waals surface area contributed by atoms with Crippen LogP contribution < -0.4 is 10.6 Å². The van der Waals surface area contributed by atoms with Crippen LogP contribution in [0.5, 0.6) is 0 Å². The molecule has 2 heteroatoms. The Bertz CT molecular complexity index is 407. The zero-order valence-corrected chi connectivity index (χ0v) is 11.3. The Labute approximate surface area is 110 Å². The summed E-state index contributed by atoms with van der Waals surface area (Å²) in [6.45, 7) is 5.82. The number of nitrogens with one attached hydrogen (secondary N) is 2. The molecule has 0 spiro atoms. The number of para-hydroxylation sites is 1. The fourth-order valence-electron chi connectivity index (χ4n) is 3.49. The van der Waals surface area contributed by atoms with Gasteiger partial charge in [0.15, 0.2) is 0 Å². The molecule has 1 aromatic carbocycles. The van der Waals surface area contributed by atoms with E-state index >= 15 is 0 Å². The van der Waals surface area contributed by atoms with Crippen LogP contribution in [0.15, 0.2) is 24.3 Å². The first-order valence-corrected chi connectivity index (χ1v) is 7.30. The summed E-state index contributed by atoms with van der Waals surface area (Å²) in [4.78, 5) is 0. The number of fused-ring (bicyclic) bond motifs is 1. The number of benzene rings is 1. The summed E-state index contributed by atoms with van der Waals surface area (Å²) in [7, 11) is 0.